The fourth-order valence-electron chi connectivity index (χ4n) is 6.10. The molecule has 7 rings (SSSR count). The standard InChI is InChI=1S/C26H32N10O2S2/c1-16-8-24(32-26(29-16)35-15-19-9-20(35)14-33(19)2)31-23-10-21-22(12-27-23)39-25(30-21)17-11-28-36(13-17)18-4-6-34(7-5-18)40(3,37)38/h8,10-13,18-20H,4-7,9,14-15H2,1-3H3,(H,27,29,31,32)/t19-,20-/m0/s1. The third-order valence-electron chi connectivity index (χ3n) is 8.26. The van der Waals surface area contributed by atoms with Gasteiger partial charge in [-0.1, -0.05) is 0 Å². The smallest absolute Gasteiger partial charge is 0.227 e. The molecule has 7 heterocycles. The van der Waals surface area contributed by atoms with Crippen molar-refractivity contribution in [1.82, 2.24) is 38.9 Å². The average molecular weight is 581 g/mol. The number of piperidine rings is 1. The van der Waals surface area contributed by atoms with Gasteiger partial charge >= 0.3 is 0 Å². The van der Waals surface area contributed by atoms with Gasteiger partial charge in [0.25, 0.3) is 0 Å². The highest BCUT2D eigenvalue weighted by molar-refractivity contribution is 7.88. The zero-order valence-electron chi connectivity index (χ0n) is 22.7. The molecule has 3 fully saturated rings. The Balaban J connectivity index is 1.07. The third kappa shape index (κ3) is 4.82. The van der Waals surface area contributed by atoms with Crippen LogP contribution in [-0.2, 0) is 10.0 Å². The van der Waals surface area contributed by atoms with E-state index in [4.69, 9.17) is 15.0 Å². The first-order chi connectivity index (χ1) is 19.2. The van der Waals surface area contributed by atoms with Crippen molar-refractivity contribution in [3.05, 3.63) is 36.4 Å². The van der Waals surface area contributed by atoms with Crippen molar-refractivity contribution >= 4 is 49.2 Å². The van der Waals surface area contributed by atoms with Crippen molar-refractivity contribution < 1.29 is 8.42 Å². The van der Waals surface area contributed by atoms with E-state index in [0.717, 1.165) is 64.2 Å². The van der Waals surface area contributed by atoms with E-state index in [1.165, 1.54) is 12.7 Å². The van der Waals surface area contributed by atoms with E-state index in [1.54, 1.807) is 15.6 Å². The van der Waals surface area contributed by atoms with Gasteiger partial charge in [-0.2, -0.15) is 10.1 Å². The minimum absolute atomic E-state index is 0.177. The SMILES string of the molecule is Cc1cc(Nc2cc3nc(-c4cnn(C5CCN(S(C)(=O)=O)CC5)c4)sc3cn2)nc(N2C[C@@H]3C[C@H]2CN3C)n1. The van der Waals surface area contributed by atoms with Crippen molar-refractivity contribution in [2.75, 3.05) is 49.7 Å². The second-order valence-electron chi connectivity index (χ2n) is 11.1. The number of hydrogen-bond donors (Lipinski definition) is 1. The first-order valence-corrected chi connectivity index (χ1v) is 16.2. The number of nitrogens with one attached hydrogen (secondary N) is 1. The third-order valence-corrected chi connectivity index (χ3v) is 10.6. The number of aromatic nitrogens is 6. The van der Waals surface area contributed by atoms with E-state index in [1.807, 2.05) is 42.3 Å². The van der Waals surface area contributed by atoms with E-state index in [2.05, 4.69) is 32.2 Å². The Morgan fingerprint density at radius 1 is 1.00 bits per heavy atom. The van der Waals surface area contributed by atoms with Crippen molar-refractivity contribution in [2.24, 2.45) is 0 Å². The number of likely N-dealkylation sites (tertiary alicyclic amines) is 1. The Kier molecular flexibility index (Phi) is 6.25. The second kappa shape index (κ2) is 9.72. The zero-order chi connectivity index (χ0) is 27.6. The molecule has 0 unspecified atom stereocenters. The summed E-state index contributed by atoms with van der Waals surface area (Å²) in [5, 5.41) is 8.82. The fraction of sp³-hybridized carbons (Fsp3) is 0.500. The van der Waals surface area contributed by atoms with E-state index >= 15 is 0 Å². The summed E-state index contributed by atoms with van der Waals surface area (Å²) in [6.07, 6.45) is 9.61. The molecule has 2 bridgehead atoms. The molecule has 3 aliphatic rings. The maximum absolute atomic E-state index is 11.8. The summed E-state index contributed by atoms with van der Waals surface area (Å²) >= 11 is 1.58. The number of anilines is 3. The lowest BCUT2D eigenvalue weighted by Gasteiger charge is -2.32. The molecular formula is C26H32N10O2S2. The van der Waals surface area contributed by atoms with Gasteiger partial charge in [0, 0.05) is 74.0 Å². The molecule has 4 aromatic rings. The Bertz CT molecular complexity index is 1680. The number of sulfonamides is 1. The molecule has 40 heavy (non-hydrogen) atoms. The van der Waals surface area contributed by atoms with Gasteiger partial charge in [-0.05, 0) is 33.2 Å². The monoisotopic (exact) mass is 580 g/mol. The molecule has 0 spiro atoms. The molecule has 3 saturated heterocycles. The van der Waals surface area contributed by atoms with Gasteiger partial charge in [-0.3, -0.25) is 9.58 Å². The molecule has 4 aromatic heterocycles. The maximum atomic E-state index is 11.8. The van der Waals surface area contributed by atoms with Gasteiger partial charge < -0.3 is 10.2 Å². The molecule has 12 nitrogen and oxygen atoms in total. The molecule has 2 atom stereocenters. The summed E-state index contributed by atoms with van der Waals surface area (Å²) in [4.78, 5) is 23.8. The fourth-order valence-corrected chi connectivity index (χ4v) is 7.86. The van der Waals surface area contributed by atoms with Crippen LogP contribution in [0.4, 0.5) is 17.6 Å². The molecular weight excluding hydrogens is 548 g/mol. The summed E-state index contributed by atoms with van der Waals surface area (Å²) in [6.45, 7) is 5.05. The molecule has 0 amide bonds. The molecule has 0 saturated carbocycles. The minimum atomic E-state index is -3.15. The van der Waals surface area contributed by atoms with Crippen LogP contribution < -0.4 is 10.2 Å². The molecule has 1 N–H and O–H groups in total. The van der Waals surface area contributed by atoms with Crippen LogP contribution in [0.1, 0.15) is 31.0 Å². The van der Waals surface area contributed by atoms with Crippen molar-refractivity contribution in [3.8, 4) is 10.6 Å². The molecule has 14 heteroatoms. The Morgan fingerprint density at radius 3 is 2.55 bits per heavy atom. The van der Waals surface area contributed by atoms with Gasteiger partial charge in [0.05, 0.1) is 28.7 Å². The first-order valence-electron chi connectivity index (χ1n) is 13.6. The number of fused-ring (bicyclic) bond motifs is 3. The average Bonchev–Trinajstić information content (AvgIpc) is 3.70. The normalized spacial score (nSPS) is 22.5. The van der Waals surface area contributed by atoms with Gasteiger partial charge in [0.1, 0.15) is 16.6 Å². The highest BCUT2D eigenvalue weighted by Crippen LogP contribution is 2.34. The molecule has 0 aromatic carbocycles. The largest absolute Gasteiger partial charge is 0.335 e. The quantitative estimate of drug-likeness (QED) is 0.364. The highest BCUT2D eigenvalue weighted by Gasteiger charge is 2.42. The summed E-state index contributed by atoms with van der Waals surface area (Å²) in [5.74, 6) is 2.19. The van der Waals surface area contributed by atoms with E-state index in [-0.39, 0.29) is 6.04 Å². The first kappa shape index (κ1) is 25.7. The van der Waals surface area contributed by atoms with Gasteiger partial charge in [0.2, 0.25) is 16.0 Å². The summed E-state index contributed by atoms with van der Waals surface area (Å²) < 4.78 is 28.1. The van der Waals surface area contributed by atoms with Crippen LogP contribution >= 0.6 is 11.3 Å². The van der Waals surface area contributed by atoms with Crippen LogP contribution in [-0.4, -0.2) is 98.9 Å². The number of hydrogen-bond acceptors (Lipinski definition) is 11. The van der Waals surface area contributed by atoms with Crippen LogP contribution in [0.15, 0.2) is 30.7 Å². The summed E-state index contributed by atoms with van der Waals surface area (Å²) in [5.41, 5.74) is 2.72. The molecule has 0 aliphatic carbocycles. The van der Waals surface area contributed by atoms with Crippen LogP contribution in [0.3, 0.4) is 0 Å². The Hall–Kier alpha value is -3.20. The summed E-state index contributed by atoms with van der Waals surface area (Å²) in [6, 6.07) is 5.11. The maximum Gasteiger partial charge on any atom is 0.227 e. The lowest BCUT2D eigenvalue weighted by atomic mass is 10.1. The lowest BCUT2D eigenvalue weighted by Crippen LogP contribution is -2.45. The van der Waals surface area contributed by atoms with E-state index < -0.39 is 10.0 Å². The van der Waals surface area contributed by atoms with Crippen LogP contribution in [0.25, 0.3) is 20.8 Å². The van der Waals surface area contributed by atoms with Crippen LogP contribution in [0, 0.1) is 6.92 Å². The number of likely N-dealkylation sites (N-methyl/N-ethyl adjacent to an activating group) is 1. The zero-order valence-corrected chi connectivity index (χ0v) is 24.4. The predicted octanol–water partition coefficient (Wildman–Crippen LogP) is 2.89. The van der Waals surface area contributed by atoms with Gasteiger partial charge in [-0.15, -0.1) is 11.3 Å². The minimum Gasteiger partial charge on any atom is -0.335 e. The predicted molar refractivity (Wildman–Crippen MR) is 156 cm³/mol. The van der Waals surface area contributed by atoms with Crippen LogP contribution in [0.5, 0.6) is 0 Å². The van der Waals surface area contributed by atoms with E-state index in [9.17, 15) is 8.42 Å². The highest BCUT2D eigenvalue weighted by atomic mass is 32.2. The number of aryl methyl sites for hydroxylation is 1. The second-order valence-corrected chi connectivity index (χ2v) is 14.1. The van der Waals surface area contributed by atoms with Gasteiger partial charge in [-0.25, -0.2) is 27.7 Å². The van der Waals surface area contributed by atoms with Gasteiger partial charge in [0.15, 0.2) is 0 Å². The lowest BCUT2D eigenvalue weighted by molar-refractivity contribution is 0.262. The molecule has 0 radical (unpaired) electrons. The van der Waals surface area contributed by atoms with E-state index in [0.29, 0.717) is 31.0 Å². The summed E-state index contributed by atoms with van der Waals surface area (Å²) in [7, 11) is -0.955. The van der Waals surface area contributed by atoms with Crippen molar-refractivity contribution in [1.29, 1.82) is 0 Å². The Morgan fingerprint density at radius 2 is 1.82 bits per heavy atom. The topological polar surface area (TPSA) is 125 Å². The Labute approximate surface area is 237 Å². The number of thiazole rings is 1. The number of nitrogens with zero attached hydrogens (tertiary/aromatic N) is 9. The number of rotatable bonds is 6. The molecule has 3 aliphatic heterocycles. The van der Waals surface area contributed by atoms with Crippen molar-refractivity contribution in [2.45, 2.75) is 44.3 Å². The number of piperazine rings is 1. The molecule has 210 valence electrons. The number of pyridine rings is 1. The van der Waals surface area contributed by atoms with Crippen molar-refractivity contribution in [3.63, 3.8) is 0 Å². The van der Waals surface area contributed by atoms with Crippen LogP contribution in [0.2, 0.25) is 0 Å².